The minimum absolute atomic E-state index is 0.0706. The van der Waals surface area contributed by atoms with Crippen molar-refractivity contribution in [3.63, 3.8) is 0 Å². The van der Waals surface area contributed by atoms with Gasteiger partial charge in [0.2, 0.25) is 0 Å². The van der Waals surface area contributed by atoms with E-state index in [1.54, 1.807) is 29.3 Å². The van der Waals surface area contributed by atoms with Gasteiger partial charge in [0.1, 0.15) is 6.07 Å². The molecule has 1 aromatic carbocycles. The summed E-state index contributed by atoms with van der Waals surface area (Å²) in [6, 6.07) is 8.30. The van der Waals surface area contributed by atoms with Gasteiger partial charge >= 0.3 is 0 Å². The summed E-state index contributed by atoms with van der Waals surface area (Å²) in [5.41, 5.74) is 1.90. The highest BCUT2D eigenvalue weighted by Gasteiger charge is 2.10. The molecule has 0 fully saturated rings. The van der Waals surface area contributed by atoms with Crippen LogP contribution >= 0.6 is 23.1 Å². The molecule has 0 spiro atoms. The first-order valence-electron chi connectivity index (χ1n) is 6.33. The number of nitriles is 1. The molecule has 0 aliphatic rings. The second kappa shape index (κ2) is 6.40. The fraction of sp³-hybridized carbons (Fsp3) is 0.333. The van der Waals surface area contributed by atoms with Crippen LogP contribution < -0.4 is 5.32 Å². The smallest absolute Gasteiger partial charge is 0.154 e. The summed E-state index contributed by atoms with van der Waals surface area (Å²) in [6.45, 7) is 7.15. The predicted octanol–water partition coefficient (Wildman–Crippen LogP) is 4.05. The predicted molar refractivity (Wildman–Crippen MR) is 84.0 cm³/mol. The van der Waals surface area contributed by atoms with Crippen molar-refractivity contribution in [2.75, 3.05) is 0 Å². The number of benzene rings is 1. The third-order valence-corrected chi connectivity index (χ3v) is 4.55. The second-order valence-corrected chi connectivity index (χ2v) is 7.63. The summed E-state index contributed by atoms with van der Waals surface area (Å²) in [6.07, 6.45) is 1.78. The van der Waals surface area contributed by atoms with Gasteiger partial charge in [0.05, 0.1) is 5.56 Å². The van der Waals surface area contributed by atoms with Gasteiger partial charge in [-0.3, -0.25) is 0 Å². The maximum absolute atomic E-state index is 9.30. The highest BCUT2D eigenvalue weighted by atomic mass is 32.2. The molecular formula is C15H17N3S2. The third-order valence-electron chi connectivity index (χ3n) is 2.59. The zero-order valence-corrected chi connectivity index (χ0v) is 13.4. The molecule has 0 aliphatic carbocycles. The van der Waals surface area contributed by atoms with Crippen LogP contribution in [0.1, 0.15) is 31.9 Å². The molecule has 20 heavy (non-hydrogen) atoms. The van der Waals surface area contributed by atoms with Crippen LogP contribution in [0, 0.1) is 11.3 Å². The monoisotopic (exact) mass is 303 g/mol. The summed E-state index contributed by atoms with van der Waals surface area (Å²) in [5.74, 6) is 0. The van der Waals surface area contributed by atoms with Crippen LogP contribution in [0.15, 0.2) is 39.0 Å². The number of nitrogens with zero attached hydrogens (tertiary/aromatic N) is 2. The van der Waals surface area contributed by atoms with Gasteiger partial charge in [0.25, 0.3) is 0 Å². The number of hydrogen-bond acceptors (Lipinski definition) is 5. The zero-order chi connectivity index (χ0) is 14.6. The average molecular weight is 303 g/mol. The molecule has 1 aromatic heterocycles. The Morgan fingerprint density at radius 1 is 1.40 bits per heavy atom. The van der Waals surface area contributed by atoms with Crippen LogP contribution in [0.3, 0.4) is 0 Å². The molecule has 1 heterocycles. The molecule has 0 radical (unpaired) electrons. The van der Waals surface area contributed by atoms with E-state index in [9.17, 15) is 5.26 Å². The van der Waals surface area contributed by atoms with Crippen molar-refractivity contribution in [3.8, 4) is 6.07 Å². The van der Waals surface area contributed by atoms with Crippen molar-refractivity contribution >= 4 is 23.1 Å². The molecule has 0 unspecified atom stereocenters. The molecule has 2 aromatic rings. The minimum Gasteiger partial charge on any atom is -0.308 e. The lowest BCUT2D eigenvalue weighted by atomic mass is 10.1. The van der Waals surface area contributed by atoms with Gasteiger partial charge in [-0.25, -0.2) is 4.98 Å². The average Bonchev–Trinajstić information content (AvgIpc) is 2.89. The van der Waals surface area contributed by atoms with E-state index in [4.69, 9.17) is 0 Å². The van der Waals surface area contributed by atoms with Crippen molar-refractivity contribution < 1.29 is 0 Å². The highest BCUT2D eigenvalue weighted by Crippen LogP contribution is 2.32. The molecule has 0 aliphatic heterocycles. The molecule has 104 valence electrons. The number of thiazole rings is 1. The van der Waals surface area contributed by atoms with Crippen molar-refractivity contribution in [2.45, 2.75) is 42.1 Å². The Morgan fingerprint density at radius 2 is 2.20 bits per heavy atom. The summed E-state index contributed by atoms with van der Waals surface area (Å²) >= 11 is 3.13. The Morgan fingerprint density at radius 3 is 2.80 bits per heavy atom. The van der Waals surface area contributed by atoms with Gasteiger partial charge in [-0.2, -0.15) is 5.26 Å². The normalized spacial score (nSPS) is 11.3. The number of nitrogens with one attached hydrogen (secondary N) is 1. The van der Waals surface area contributed by atoms with Gasteiger partial charge in [0, 0.05) is 28.6 Å². The van der Waals surface area contributed by atoms with Gasteiger partial charge in [-0.15, -0.1) is 11.3 Å². The van der Waals surface area contributed by atoms with E-state index in [0.717, 1.165) is 21.3 Å². The highest BCUT2D eigenvalue weighted by molar-refractivity contribution is 8.01. The topological polar surface area (TPSA) is 48.7 Å². The minimum atomic E-state index is 0.0706. The van der Waals surface area contributed by atoms with Crippen LogP contribution in [0.5, 0.6) is 0 Å². The number of rotatable bonds is 4. The van der Waals surface area contributed by atoms with Crippen LogP contribution in [0.2, 0.25) is 0 Å². The summed E-state index contributed by atoms with van der Waals surface area (Å²) in [5, 5.41) is 14.7. The first-order valence-corrected chi connectivity index (χ1v) is 8.03. The fourth-order valence-electron chi connectivity index (χ4n) is 1.59. The molecule has 0 saturated carbocycles. The lowest BCUT2D eigenvalue weighted by molar-refractivity contribution is 0.424. The van der Waals surface area contributed by atoms with Crippen molar-refractivity contribution in [2.24, 2.45) is 0 Å². The Kier molecular flexibility index (Phi) is 4.81. The lowest BCUT2D eigenvalue weighted by Gasteiger charge is -2.20. The first kappa shape index (κ1) is 15.0. The Hall–Kier alpha value is -1.35. The quantitative estimate of drug-likeness (QED) is 0.925. The number of hydrogen-bond donors (Lipinski definition) is 1. The van der Waals surface area contributed by atoms with Gasteiger partial charge in [-0.1, -0.05) is 17.8 Å². The van der Waals surface area contributed by atoms with Gasteiger partial charge in [-0.05, 0) is 38.5 Å². The van der Waals surface area contributed by atoms with E-state index in [1.807, 2.05) is 17.5 Å². The van der Waals surface area contributed by atoms with Gasteiger partial charge in [0.15, 0.2) is 4.34 Å². The van der Waals surface area contributed by atoms with Crippen LogP contribution in [0.25, 0.3) is 0 Å². The van der Waals surface area contributed by atoms with Crippen molar-refractivity contribution in [1.82, 2.24) is 10.3 Å². The molecule has 3 nitrogen and oxygen atoms in total. The summed E-state index contributed by atoms with van der Waals surface area (Å²) < 4.78 is 0.960. The first-order chi connectivity index (χ1) is 9.48. The van der Waals surface area contributed by atoms with Crippen LogP contribution in [-0.2, 0) is 6.54 Å². The zero-order valence-electron chi connectivity index (χ0n) is 11.8. The molecule has 2 rings (SSSR count). The maximum Gasteiger partial charge on any atom is 0.154 e. The van der Waals surface area contributed by atoms with E-state index in [-0.39, 0.29) is 5.54 Å². The molecular weight excluding hydrogens is 286 g/mol. The molecule has 0 saturated heterocycles. The van der Waals surface area contributed by atoms with Gasteiger partial charge < -0.3 is 5.32 Å². The Balaban J connectivity index is 2.14. The van der Waals surface area contributed by atoms with E-state index in [0.29, 0.717) is 5.56 Å². The summed E-state index contributed by atoms with van der Waals surface area (Å²) in [7, 11) is 0. The van der Waals surface area contributed by atoms with Crippen molar-refractivity contribution in [3.05, 3.63) is 40.9 Å². The third kappa shape index (κ3) is 4.34. The molecule has 0 atom stereocenters. The second-order valence-electron chi connectivity index (χ2n) is 5.45. The molecule has 1 N–H and O–H groups in total. The SMILES string of the molecule is CC(C)(C)NCc1ccc(Sc2nccs2)c(C#N)c1. The van der Waals surface area contributed by atoms with Crippen LogP contribution in [-0.4, -0.2) is 10.5 Å². The Labute approximate surface area is 128 Å². The Bertz CT molecular complexity index is 607. The largest absolute Gasteiger partial charge is 0.308 e. The molecule has 5 heteroatoms. The number of aromatic nitrogens is 1. The van der Waals surface area contributed by atoms with E-state index in [1.165, 1.54) is 0 Å². The van der Waals surface area contributed by atoms with Crippen molar-refractivity contribution in [1.29, 1.82) is 5.26 Å². The van der Waals surface area contributed by atoms with E-state index < -0.39 is 0 Å². The summed E-state index contributed by atoms with van der Waals surface area (Å²) in [4.78, 5) is 5.20. The van der Waals surface area contributed by atoms with E-state index in [2.05, 4.69) is 43.2 Å². The van der Waals surface area contributed by atoms with Crippen LogP contribution in [0.4, 0.5) is 0 Å². The van der Waals surface area contributed by atoms with E-state index >= 15 is 0 Å². The maximum atomic E-state index is 9.30. The fourth-order valence-corrected chi connectivity index (χ4v) is 3.23. The lowest BCUT2D eigenvalue weighted by Crippen LogP contribution is -2.35. The molecule has 0 amide bonds. The standard InChI is InChI=1S/C15H17N3S2/c1-15(2,3)18-10-11-4-5-13(12(8-11)9-16)20-14-17-6-7-19-14/h4-8,18H,10H2,1-3H3. The molecule has 0 bridgehead atoms.